The zero-order chi connectivity index (χ0) is 13.5. The Hall–Kier alpha value is -2.08. The van der Waals surface area contributed by atoms with Gasteiger partial charge in [-0.15, -0.1) is 0 Å². The molecule has 0 amide bonds. The predicted molar refractivity (Wildman–Crippen MR) is 61.2 cm³/mol. The van der Waals surface area contributed by atoms with Gasteiger partial charge in [-0.05, 0) is 6.08 Å². The van der Waals surface area contributed by atoms with Crippen molar-refractivity contribution in [1.82, 2.24) is 0 Å². The first kappa shape index (κ1) is 17.3. The maximum atomic E-state index is 10.2. The van der Waals surface area contributed by atoms with E-state index in [9.17, 15) is 9.59 Å². The monoisotopic (exact) mass is 244 g/mol. The first-order chi connectivity index (χ1) is 8.12. The Labute approximate surface area is 99.5 Å². The number of carbonyl (C=O) groups is 2. The van der Waals surface area contributed by atoms with E-state index in [-0.39, 0.29) is 19.8 Å². The van der Waals surface area contributed by atoms with Crippen molar-refractivity contribution in [3.8, 4) is 0 Å². The van der Waals surface area contributed by atoms with Gasteiger partial charge in [0, 0.05) is 12.2 Å². The summed E-state index contributed by atoms with van der Waals surface area (Å²) in [5.74, 6) is -0.993. The molecule has 0 bridgehead atoms. The average Bonchev–Trinajstić information content (AvgIpc) is 2.36. The highest BCUT2D eigenvalue weighted by Crippen LogP contribution is 1.78. The third-order valence-corrected chi connectivity index (χ3v) is 1.10. The molecule has 0 atom stereocenters. The summed E-state index contributed by atoms with van der Waals surface area (Å²) < 4.78 is 8.76. The van der Waals surface area contributed by atoms with Crippen molar-refractivity contribution in [2.45, 2.75) is 0 Å². The average molecular weight is 244 g/mol. The lowest BCUT2D eigenvalue weighted by Crippen LogP contribution is -2.04. The van der Waals surface area contributed by atoms with Crippen LogP contribution >= 0.6 is 0 Å². The molecule has 2 N–H and O–H groups in total. The topological polar surface area (TPSA) is 93.1 Å². The molecule has 0 unspecified atom stereocenters. The molecule has 0 heterocycles. The smallest absolute Gasteiger partial charge is 0.330 e. The Balaban J connectivity index is 0. The first-order valence-corrected chi connectivity index (χ1v) is 4.60. The number of aliphatic hydroxyl groups is 2. The molecule has 0 aliphatic rings. The van der Waals surface area contributed by atoms with Gasteiger partial charge < -0.3 is 19.7 Å². The van der Waals surface area contributed by atoms with Gasteiger partial charge in [0.15, 0.2) is 0 Å². The van der Waals surface area contributed by atoms with Gasteiger partial charge in [0.05, 0.1) is 12.9 Å². The first-order valence-electron chi connectivity index (χ1n) is 4.60. The van der Waals surface area contributed by atoms with Crippen molar-refractivity contribution in [3.05, 3.63) is 37.6 Å². The van der Waals surface area contributed by atoms with Gasteiger partial charge in [-0.3, -0.25) is 0 Å². The Morgan fingerprint density at radius 2 is 1.65 bits per heavy atom. The van der Waals surface area contributed by atoms with Crippen molar-refractivity contribution in [3.63, 3.8) is 0 Å². The van der Waals surface area contributed by atoms with Crippen LogP contribution in [0.3, 0.4) is 0 Å². The van der Waals surface area contributed by atoms with Gasteiger partial charge in [0.25, 0.3) is 0 Å². The molecule has 6 heteroatoms. The lowest BCUT2D eigenvalue weighted by molar-refractivity contribution is -0.139. The van der Waals surface area contributed by atoms with Gasteiger partial charge in [-0.2, -0.15) is 0 Å². The van der Waals surface area contributed by atoms with Crippen molar-refractivity contribution in [2.75, 3.05) is 19.8 Å². The van der Waals surface area contributed by atoms with Crippen molar-refractivity contribution in [2.24, 2.45) is 0 Å². The molecule has 0 radical (unpaired) electrons. The zero-order valence-electron chi connectivity index (χ0n) is 9.37. The second kappa shape index (κ2) is 13.9. The minimum atomic E-state index is -0.501. The Bertz CT molecular complexity index is 269. The predicted octanol–water partition coefficient (Wildman–Crippen LogP) is 0.495. The summed E-state index contributed by atoms with van der Waals surface area (Å²) in [6.07, 6.45) is 4.23. The fraction of sp³-hybridized carbons (Fsp3) is 0.273. The summed E-state index contributed by atoms with van der Waals surface area (Å²) in [7, 11) is 0. The number of rotatable bonds is 6. The van der Waals surface area contributed by atoms with Crippen LogP contribution in [-0.4, -0.2) is 42.0 Å². The van der Waals surface area contributed by atoms with Crippen LogP contribution in [0.1, 0.15) is 0 Å². The van der Waals surface area contributed by atoms with Gasteiger partial charge in [0.1, 0.15) is 13.2 Å². The maximum absolute atomic E-state index is 10.2. The summed E-state index contributed by atoms with van der Waals surface area (Å²) in [5.41, 5.74) is 0. The van der Waals surface area contributed by atoms with E-state index < -0.39 is 11.9 Å². The fourth-order valence-electron chi connectivity index (χ4n) is 0.437. The number of ether oxygens (including phenoxy) is 2. The second-order valence-electron chi connectivity index (χ2n) is 2.31. The van der Waals surface area contributed by atoms with E-state index in [1.807, 2.05) is 0 Å². The highest BCUT2D eigenvalue weighted by Gasteiger charge is 1.90. The van der Waals surface area contributed by atoms with Crippen LogP contribution in [0.5, 0.6) is 0 Å². The molecule has 0 saturated heterocycles. The molecule has 0 rings (SSSR count). The van der Waals surface area contributed by atoms with Crippen LogP contribution in [0.15, 0.2) is 37.6 Å². The molecule has 17 heavy (non-hydrogen) atoms. The Kier molecular flexibility index (Phi) is 14.2. The third kappa shape index (κ3) is 16.6. The van der Waals surface area contributed by atoms with Crippen LogP contribution in [0.25, 0.3) is 0 Å². The minimum absolute atomic E-state index is 0.0465. The van der Waals surface area contributed by atoms with Gasteiger partial charge in [-0.25, -0.2) is 9.59 Å². The number of esters is 2. The van der Waals surface area contributed by atoms with E-state index in [1.54, 1.807) is 0 Å². The largest absolute Gasteiger partial charge is 0.516 e. The van der Waals surface area contributed by atoms with E-state index in [0.717, 1.165) is 18.4 Å². The Morgan fingerprint density at radius 1 is 1.12 bits per heavy atom. The number of carbonyl (C=O) groups excluding carboxylic acids is 2. The summed E-state index contributed by atoms with van der Waals surface area (Å²) >= 11 is 0. The van der Waals surface area contributed by atoms with Crippen molar-refractivity contribution in [1.29, 1.82) is 0 Å². The molecule has 96 valence electrons. The van der Waals surface area contributed by atoms with Gasteiger partial charge in [0.2, 0.25) is 0 Å². The molecule has 0 aromatic carbocycles. The number of aliphatic hydroxyl groups excluding tert-OH is 2. The summed E-state index contributed by atoms with van der Waals surface area (Å²) in [6, 6.07) is 0. The minimum Gasteiger partial charge on any atom is -0.516 e. The van der Waals surface area contributed by atoms with Crippen LogP contribution in [-0.2, 0) is 19.1 Å². The molecule has 0 aliphatic heterocycles. The van der Waals surface area contributed by atoms with E-state index in [4.69, 9.17) is 10.2 Å². The molecular weight excluding hydrogens is 228 g/mol. The lowest BCUT2D eigenvalue weighted by Gasteiger charge is -1.94. The molecule has 6 nitrogen and oxygen atoms in total. The SMILES string of the molecule is C=CC(=O)OCC=CO.C=CC(=O)OCCO. The van der Waals surface area contributed by atoms with Crippen LogP contribution in [0.4, 0.5) is 0 Å². The molecule has 0 aromatic heterocycles. The summed E-state index contributed by atoms with van der Waals surface area (Å²) in [4.78, 5) is 20.4. The number of hydrogen-bond donors (Lipinski definition) is 2. The number of hydrogen-bond acceptors (Lipinski definition) is 6. The fourth-order valence-corrected chi connectivity index (χ4v) is 0.437. The zero-order valence-corrected chi connectivity index (χ0v) is 9.37. The van der Waals surface area contributed by atoms with E-state index >= 15 is 0 Å². The van der Waals surface area contributed by atoms with Crippen molar-refractivity contribution < 1.29 is 29.3 Å². The molecule has 0 spiro atoms. The van der Waals surface area contributed by atoms with Crippen LogP contribution in [0, 0.1) is 0 Å². The third-order valence-electron chi connectivity index (χ3n) is 1.10. The second-order valence-corrected chi connectivity index (χ2v) is 2.31. The van der Waals surface area contributed by atoms with Crippen molar-refractivity contribution >= 4 is 11.9 Å². The highest BCUT2D eigenvalue weighted by molar-refractivity contribution is 5.81. The molecule has 0 saturated carbocycles. The maximum Gasteiger partial charge on any atom is 0.330 e. The highest BCUT2D eigenvalue weighted by atomic mass is 16.5. The van der Waals surface area contributed by atoms with Crippen LogP contribution in [0.2, 0.25) is 0 Å². The molecule has 0 aliphatic carbocycles. The van der Waals surface area contributed by atoms with Gasteiger partial charge in [-0.1, -0.05) is 13.2 Å². The van der Waals surface area contributed by atoms with E-state index in [0.29, 0.717) is 0 Å². The molecule has 0 aromatic rings. The van der Waals surface area contributed by atoms with Crippen LogP contribution < -0.4 is 0 Å². The normalized spacial score (nSPS) is 8.76. The standard InChI is InChI=1S/C6H8O3.C5H8O3/c1-2-6(8)9-5-3-4-7;1-2-5(7)8-4-3-6/h2-4,7H,1,5H2;2,6H,1,3-4H2. The summed E-state index contributed by atoms with van der Waals surface area (Å²) in [6.45, 7) is 6.33. The van der Waals surface area contributed by atoms with Gasteiger partial charge >= 0.3 is 11.9 Å². The quantitative estimate of drug-likeness (QED) is 0.401. The molecule has 0 fully saturated rings. The lowest BCUT2D eigenvalue weighted by atomic mass is 10.6. The summed E-state index contributed by atoms with van der Waals surface area (Å²) in [5, 5.41) is 16.2. The molecular formula is C11H16O6. The Morgan fingerprint density at radius 3 is 2.06 bits per heavy atom. The van der Waals surface area contributed by atoms with E-state index in [1.165, 1.54) is 6.08 Å². The van der Waals surface area contributed by atoms with E-state index in [2.05, 4.69) is 22.6 Å².